The number of likely N-dealkylation sites (N-methyl/N-ethyl adjacent to an activating group) is 1. The van der Waals surface area contributed by atoms with E-state index < -0.39 is 15.9 Å². The molecule has 9 heteroatoms. The number of hydrogen-bond donors (Lipinski definition) is 1. The van der Waals surface area contributed by atoms with Gasteiger partial charge in [-0.1, -0.05) is 36.4 Å². The van der Waals surface area contributed by atoms with Crippen LogP contribution >= 0.6 is 11.3 Å². The molecule has 29 heavy (non-hydrogen) atoms. The van der Waals surface area contributed by atoms with Gasteiger partial charge in [0.05, 0.1) is 17.1 Å². The molecule has 1 aromatic heterocycles. The first kappa shape index (κ1) is 21.4. The Morgan fingerprint density at radius 3 is 2.52 bits per heavy atom. The van der Waals surface area contributed by atoms with Crippen LogP contribution in [0.1, 0.15) is 5.69 Å². The Bertz CT molecular complexity index is 1100. The molecule has 0 fully saturated rings. The normalized spacial score (nSPS) is 12.0. The van der Waals surface area contributed by atoms with Crippen LogP contribution in [0.25, 0.3) is 10.8 Å². The van der Waals surface area contributed by atoms with E-state index in [1.165, 1.54) is 15.6 Å². The molecule has 0 aliphatic rings. The maximum atomic E-state index is 13.5. The van der Waals surface area contributed by atoms with E-state index in [1.807, 2.05) is 55.6 Å². The second-order valence-electron chi connectivity index (χ2n) is 6.96. The van der Waals surface area contributed by atoms with Crippen molar-refractivity contribution in [1.29, 1.82) is 0 Å². The summed E-state index contributed by atoms with van der Waals surface area (Å²) < 4.78 is 28.2. The number of hydrogen-bond acceptors (Lipinski definition) is 6. The number of thiazole rings is 1. The highest BCUT2D eigenvalue weighted by molar-refractivity contribution is 7.89. The summed E-state index contributed by atoms with van der Waals surface area (Å²) in [7, 11) is -0.152. The summed E-state index contributed by atoms with van der Waals surface area (Å²) in [5, 5.41) is 6.45. The molecule has 154 valence electrons. The summed E-state index contributed by atoms with van der Waals surface area (Å²) >= 11 is 1.31. The summed E-state index contributed by atoms with van der Waals surface area (Å²) in [4.78, 5) is 18.8. The molecule has 0 aliphatic carbocycles. The Morgan fingerprint density at radius 2 is 1.83 bits per heavy atom. The van der Waals surface area contributed by atoms with Crippen LogP contribution in [0, 0.1) is 6.92 Å². The highest BCUT2D eigenvalue weighted by atomic mass is 32.2. The number of benzene rings is 2. The van der Waals surface area contributed by atoms with Crippen molar-refractivity contribution in [2.45, 2.75) is 11.8 Å². The summed E-state index contributed by atoms with van der Waals surface area (Å²) in [5.41, 5.74) is 0.804. The van der Waals surface area contributed by atoms with Gasteiger partial charge in [-0.3, -0.25) is 4.79 Å². The van der Waals surface area contributed by atoms with Gasteiger partial charge >= 0.3 is 0 Å². The maximum Gasteiger partial charge on any atom is 0.244 e. The van der Waals surface area contributed by atoms with E-state index in [1.54, 1.807) is 18.2 Å². The molecule has 1 heterocycles. The third-order valence-electron chi connectivity index (χ3n) is 4.35. The zero-order chi connectivity index (χ0) is 21.0. The largest absolute Gasteiger partial charge is 0.308 e. The quantitative estimate of drug-likeness (QED) is 0.592. The van der Waals surface area contributed by atoms with Crippen molar-refractivity contribution in [3.63, 3.8) is 0 Å². The van der Waals surface area contributed by atoms with Gasteiger partial charge in [0.15, 0.2) is 5.13 Å². The first-order valence-corrected chi connectivity index (χ1v) is 11.4. The Balaban J connectivity index is 1.90. The zero-order valence-electron chi connectivity index (χ0n) is 16.6. The van der Waals surface area contributed by atoms with Crippen molar-refractivity contribution in [2.75, 3.05) is 39.0 Å². The van der Waals surface area contributed by atoms with E-state index in [-0.39, 0.29) is 18.0 Å². The van der Waals surface area contributed by atoms with Gasteiger partial charge in [0.25, 0.3) is 0 Å². The fourth-order valence-corrected chi connectivity index (χ4v) is 5.19. The number of rotatable bonds is 8. The summed E-state index contributed by atoms with van der Waals surface area (Å²) in [6, 6.07) is 12.5. The molecule has 0 saturated carbocycles. The maximum absolute atomic E-state index is 13.5. The van der Waals surface area contributed by atoms with Crippen LogP contribution in [0.4, 0.5) is 5.13 Å². The second kappa shape index (κ2) is 9.00. The fourth-order valence-electron chi connectivity index (χ4n) is 2.89. The second-order valence-corrected chi connectivity index (χ2v) is 9.73. The molecule has 0 bridgehead atoms. The molecule has 0 spiro atoms. The number of fused-ring (bicyclic) bond motifs is 1. The van der Waals surface area contributed by atoms with Crippen molar-refractivity contribution in [1.82, 2.24) is 14.2 Å². The number of nitrogens with zero attached hydrogens (tertiary/aromatic N) is 3. The molecule has 3 aromatic rings. The van der Waals surface area contributed by atoms with Crippen molar-refractivity contribution < 1.29 is 13.2 Å². The van der Waals surface area contributed by atoms with Gasteiger partial charge in [-0.2, -0.15) is 4.31 Å². The van der Waals surface area contributed by atoms with E-state index in [4.69, 9.17) is 0 Å². The lowest BCUT2D eigenvalue weighted by Gasteiger charge is -2.24. The summed E-state index contributed by atoms with van der Waals surface area (Å²) in [5.74, 6) is -0.415. The smallest absolute Gasteiger partial charge is 0.244 e. The van der Waals surface area contributed by atoms with Crippen LogP contribution < -0.4 is 5.32 Å². The molecule has 7 nitrogen and oxygen atoms in total. The van der Waals surface area contributed by atoms with Crippen molar-refractivity contribution >= 4 is 43.2 Å². The zero-order valence-corrected chi connectivity index (χ0v) is 18.3. The number of amides is 1. The topological polar surface area (TPSA) is 82.6 Å². The number of sulfonamides is 1. The Morgan fingerprint density at radius 1 is 1.10 bits per heavy atom. The van der Waals surface area contributed by atoms with Crippen LogP contribution in [0.3, 0.4) is 0 Å². The minimum absolute atomic E-state index is 0.197. The molecule has 0 saturated heterocycles. The minimum Gasteiger partial charge on any atom is -0.308 e. The van der Waals surface area contributed by atoms with Gasteiger partial charge in [-0.15, -0.1) is 11.3 Å². The standard InChI is InChI=1S/C20H24N4O3S2/c1-15-14-28-20(21-15)22-19(25)13-24(12-11-23(2)3)29(26,27)18-10-6-8-16-7-4-5-9-17(16)18/h4-10,14H,11-13H2,1-3H3,(H,21,22,25). The molecule has 0 atom stereocenters. The van der Waals surface area contributed by atoms with Crippen molar-refractivity contribution in [2.24, 2.45) is 0 Å². The number of carbonyl (C=O) groups is 1. The van der Waals surface area contributed by atoms with E-state index in [0.717, 1.165) is 11.1 Å². The van der Waals surface area contributed by atoms with E-state index in [0.29, 0.717) is 17.1 Å². The predicted molar refractivity (Wildman–Crippen MR) is 117 cm³/mol. The summed E-state index contributed by atoms with van der Waals surface area (Å²) in [6.07, 6.45) is 0. The lowest BCUT2D eigenvalue weighted by atomic mass is 10.1. The predicted octanol–water partition coefficient (Wildman–Crippen LogP) is 2.80. The molecule has 1 amide bonds. The van der Waals surface area contributed by atoms with E-state index in [9.17, 15) is 13.2 Å². The lowest BCUT2D eigenvalue weighted by Crippen LogP contribution is -2.41. The number of aryl methyl sites for hydroxylation is 1. The molecule has 3 rings (SSSR count). The first-order valence-electron chi connectivity index (χ1n) is 9.12. The number of carbonyl (C=O) groups excluding carboxylic acids is 1. The van der Waals surface area contributed by atoms with Crippen molar-refractivity contribution in [3.05, 3.63) is 53.5 Å². The lowest BCUT2D eigenvalue weighted by molar-refractivity contribution is -0.116. The number of aromatic nitrogens is 1. The minimum atomic E-state index is -3.88. The Labute approximate surface area is 175 Å². The van der Waals surface area contributed by atoms with Crippen LogP contribution in [0.15, 0.2) is 52.7 Å². The van der Waals surface area contributed by atoms with Gasteiger partial charge in [0, 0.05) is 23.9 Å². The fraction of sp³-hybridized carbons (Fsp3) is 0.300. The highest BCUT2D eigenvalue weighted by Gasteiger charge is 2.28. The molecular formula is C20H24N4O3S2. The number of anilines is 1. The first-order chi connectivity index (χ1) is 13.8. The molecule has 1 N–H and O–H groups in total. The SMILES string of the molecule is Cc1csc(NC(=O)CN(CCN(C)C)S(=O)(=O)c2cccc3ccccc23)n1. The van der Waals surface area contributed by atoms with Gasteiger partial charge in [-0.25, -0.2) is 13.4 Å². The Kier molecular flexibility index (Phi) is 6.63. The monoisotopic (exact) mass is 432 g/mol. The highest BCUT2D eigenvalue weighted by Crippen LogP contribution is 2.26. The van der Waals surface area contributed by atoms with Gasteiger partial charge in [0.2, 0.25) is 15.9 Å². The van der Waals surface area contributed by atoms with E-state index in [2.05, 4.69) is 10.3 Å². The number of nitrogens with one attached hydrogen (secondary N) is 1. The average molecular weight is 433 g/mol. The van der Waals surface area contributed by atoms with Crippen LogP contribution in [0.5, 0.6) is 0 Å². The van der Waals surface area contributed by atoms with Crippen LogP contribution in [0.2, 0.25) is 0 Å². The molecule has 2 aromatic carbocycles. The van der Waals surface area contributed by atoms with Gasteiger partial charge in [-0.05, 0) is 32.5 Å². The third kappa shape index (κ3) is 5.18. The van der Waals surface area contributed by atoms with Gasteiger partial charge in [0.1, 0.15) is 0 Å². The van der Waals surface area contributed by atoms with Crippen LogP contribution in [-0.4, -0.2) is 62.2 Å². The molecule has 0 unspecified atom stereocenters. The van der Waals surface area contributed by atoms with Crippen molar-refractivity contribution in [3.8, 4) is 0 Å². The Hall–Kier alpha value is -2.33. The molecule has 0 aliphatic heterocycles. The third-order valence-corrected chi connectivity index (χ3v) is 7.13. The van der Waals surface area contributed by atoms with Crippen LogP contribution in [-0.2, 0) is 14.8 Å². The average Bonchev–Trinajstić information content (AvgIpc) is 3.08. The molecular weight excluding hydrogens is 408 g/mol. The van der Waals surface area contributed by atoms with Gasteiger partial charge < -0.3 is 10.2 Å². The molecule has 0 radical (unpaired) electrons. The van der Waals surface area contributed by atoms with E-state index >= 15 is 0 Å². The summed E-state index contributed by atoms with van der Waals surface area (Å²) in [6.45, 7) is 2.25.